The lowest BCUT2D eigenvalue weighted by Gasteiger charge is -2.20. The summed E-state index contributed by atoms with van der Waals surface area (Å²) < 4.78 is 7.31. The number of aryl methyl sites for hydroxylation is 3. The highest BCUT2D eigenvalue weighted by Gasteiger charge is 2.34. The predicted octanol–water partition coefficient (Wildman–Crippen LogP) is 3.97. The zero-order valence-corrected chi connectivity index (χ0v) is 19.3. The molecule has 0 saturated heterocycles. The van der Waals surface area contributed by atoms with Crippen molar-refractivity contribution in [2.24, 2.45) is 5.10 Å². The second-order valence-corrected chi connectivity index (χ2v) is 8.38. The van der Waals surface area contributed by atoms with Gasteiger partial charge in [-0.3, -0.25) is 4.79 Å². The molecule has 1 N–H and O–H groups in total. The molecule has 0 radical (unpaired) electrons. The van der Waals surface area contributed by atoms with Gasteiger partial charge in [0.2, 0.25) is 0 Å². The highest BCUT2D eigenvalue weighted by Crippen LogP contribution is 2.33. The normalized spacial score (nSPS) is 15.4. The van der Waals surface area contributed by atoms with E-state index in [1.807, 2.05) is 75.4 Å². The molecular weight excluding hydrogens is 430 g/mol. The van der Waals surface area contributed by atoms with Gasteiger partial charge in [0.25, 0.3) is 5.91 Å². The van der Waals surface area contributed by atoms with Gasteiger partial charge >= 0.3 is 0 Å². The Kier molecular flexibility index (Phi) is 5.67. The van der Waals surface area contributed by atoms with E-state index >= 15 is 0 Å². The van der Waals surface area contributed by atoms with Crippen LogP contribution >= 0.6 is 0 Å². The van der Waals surface area contributed by atoms with Crippen LogP contribution in [0.2, 0.25) is 0 Å². The number of benzene rings is 2. The Labute approximate surface area is 197 Å². The molecule has 3 heterocycles. The first-order valence-electron chi connectivity index (χ1n) is 11.1. The van der Waals surface area contributed by atoms with Gasteiger partial charge < -0.3 is 9.73 Å². The molecule has 4 aromatic rings. The molecular formula is C25H25N7O2. The standard InChI is InChI=1S/C25H25N7O2/c1-16-6-9-19(10-7-16)21-14-23(24-5-4-12-34-24)32(28-21)25(33)15-26-20-11-8-17(2)22(13-20)31-18(3)27-29-30-31/h4-13,23,26H,14-15H2,1-3H3. The molecule has 1 amide bonds. The molecule has 1 aliphatic heterocycles. The SMILES string of the molecule is Cc1ccc(C2=NN(C(=O)CNc3ccc(C)c(-n4nnnc4C)c3)C(c3ccco3)C2)cc1. The fourth-order valence-corrected chi connectivity index (χ4v) is 4.02. The van der Waals surface area contributed by atoms with Crippen molar-refractivity contribution in [1.29, 1.82) is 0 Å². The van der Waals surface area contributed by atoms with E-state index in [4.69, 9.17) is 9.52 Å². The van der Waals surface area contributed by atoms with E-state index in [1.54, 1.807) is 10.9 Å². The second-order valence-electron chi connectivity index (χ2n) is 8.38. The molecule has 0 bridgehead atoms. The van der Waals surface area contributed by atoms with Crippen LogP contribution in [-0.4, -0.2) is 43.4 Å². The largest absolute Gasteiger partial charge is 0.467 e. The molecule has 1 aliphatic rings. The van der Waals surface area contributed by atoms with Crippen LogP contribution in [0.25, 0.3) is 5.69 Å². The Bertz CT molecular complexity index is 1340. The maximum absolute atomic E-state index is 13.3. The lowest BCUT2D eigenvalue weighted by molar-refractivity contribution is -0.131. The maximum atomic E-state index is 13.3. The molecule has 0 spiro atoms. The first-order valence-corrected chi connectivity index (χ1v) is 11.1. The van der Waals surface area contributed by atoms with Crippen molar-refractivity contribution in [3.05, 3.63) is 89.1 Å². The molecule has 2 aromatic carbocycles. The number of nitrogens with zero attached hydrogens (tertiary/aromatic N) is 6. The molecule has 9 heteroatoms. The van der Waals surface area contributed by atoms with Crippen LogP contribution in [0.15, 0.2) is 70.4 Å². The fourth-order valence-electron chi connectivity index (χ4n) is 4.02. The molecule has 1 unspecified atom stereocenters. The van der Waals surface area contributed by atoms with E-state index in [9.17, 15) is 4.79 Å². The number of anilines is 1. The first kappa shape index (κ1) is 21.6. The Morgan fingerprint density at radius 2 is 1.94 bits per heavy atom. The van der Waals surface area contributed by atoms with Gasteiger partial charge in [-0.25, -0.2) is 5.01 Å². The fraction of sp³-hybridized carbons (Fsp3) is 0.240. The monoisotopic (exact) mass is 455 g/mol. The summed E-state index contributed by atoms with van der Waals surface area (Å²) in [6.07, 6.45) is 2.21. The average molecular weight is 456 g/mol. The van der Waals surface area contributed by atoms with E-state index < -0.39 is 0 Å². The number of carbonyl (C=O) groups excluding carboxylic acids is 1. The van der Waals surface area contributed by atoms with Gasteiger partial charge in [-0.15, -0.1) is 5.10 Å². The molecule has 2 aromatic heterocycles. The van der Waals surface area contributed by atoms with Gasteiger partial charge in [0.15, 0.2) is 5.82 Å². The van der Waals surface area contributed by atoms with Gasteiger partial charge in [0.05, 0.1) is 24.2 Å². The summed E-state index contributed by atoms with van der Waals surface area (Å²) in [6, 6.07) is 17.4. The van der Waals surface area contributed by atoms with Crippen LogP contribution in [0.5, 0.6) is 0 Å². The number of carbonyl (C=O) groups is 1. The quantitative estimate of drug-likeness (QED) is 0.472. The van der Waals surface area contributed by atoms with E-state index in [0.717, 1.165) is 28.2 Å². The summed E-state index contributed by atoms with van der Waals surface area (Å²) in [6.45, 7) is 5.96. The third-order valence-corrected chi connectivity index (χ3v) is 5.93. The minimum atomic E-state index is -0.280. The first-order chi connectivity index (χ1) is 16.5. The topological polar surface area (TPSA) is 101 Å². The van der Waals surface area contributed by atoms with Crippen LogP contribution in [0.4, 0.5) is 5.69 Å². The molecule has 0 fully saturated rings. The van der Waals surface area contributed by atoms with Crippen LogP contribution < -0.4 is 5.32 Å². The summed E-state index contributed by atoms with van der Waals surface area (Å²) >= 11 is 0. The molecule has 9 nitrogen and oxygen atoms in total. The van der Waals surface area contributed by atoms with Crippen LogP contribution in [0, 0.1) is 20.8 Å². The highest BCUT2D eigenvalue weighted by atomic mass is 16.3. The number of tetrazole rings is 1. The Morgan fingerprint density at radius 1 is 1.12 bits per heavy atom. The summed E-state index contributed by atoms with van der Waals surface area (Å²) in [7, 11) is 0. The van der Waals surface area contributed by atoms with Crippen molar-refractivity contribution in [2.75, 3.05) is 11.9 Å². The van der Waals surface area contributed by atoms with Crippen molar-refractivity contribution in [3.8, 4) is 5.69 Å². The lowest BCUT2D eigenvalue weighted by atomic mass is 10.0. The van der Waals surface area contributed by atoms with Gasteiger partial charge in [0, 0.05) is 12.1 Å². The number of hydrazone groups is 1. The number of aromatic nitrogens is 4. The molecule has 0 aliphatic carbocycles. The summed E-state index contributed by atoms with van der Waals surface area (Å²) in [5, 5.41) is 21.2. The van der Waals surface area contributed by atoms with Crippen molar-refractivity contribution >= 4 is 17.3 Å². The van der Waals surface area contributed by atoms with Gasteiger partial charge in [-0.1, -0.05) is 35.9 Å². The van der Waals surface area contributed by atoms with Crippen LogP contribution in [-0.2, 0) is 4.79 Å². The Balaban J connectivity index is 1.36. The smallest absolute Gasteiger partial charge is 0.262 e. The molecule has 34 heavy (non-hydrogen) atoms. The zero-order chi connectivity index (χ0) is 23.7. The summed E-state index contributed by atoms with van der Waals surface area (Å²) in [5.74, 6) is 1.25. The Hall–Kier alpha value is -4.27. The number of furan rings is 1. The summed E-state index contributed by atoms with van der Waals surface area (Å²) in [4.78, 5) is 13.3. The van der Waals surface area contributed by atoms with Crippen molar-refractivity contribution in [2.45, 2.75) is 33.2 Å². The molecule has 172 valence electrons. The Morgan fingerprint density at radius 3 is 2.65 bits per heavy atom. The van der Waals surface area contributed by atoms with Crippen LogP contribution in [0.1, 0.15) is 40.7 Å². The number of nitrogens with one attached hydrogen (secondary N) is 1. The number of hydrogen-bond acceptors (Lipinski definition) is 7. The van der Waals surface area contributed by atoms with E-state index in [0.29, 0.717) is 18.0 Å². The molecule has 1 atom stereocenters. The van der Waals surface area contributed by atoms with E-state index in [2.05, 4.69) is 20.8 Å². The highest BCUT2D eigenvalue weighted by molar-refractivity contribution is 6.03. The molecule has 5 rings (SSSR count). The minimum absolute atomic E-state index is 0.0823. The van der Waals surface area contributed by atoms with Gasteiger partial charge in [0.1, 0.15) is 11.8 Å². The minimum Gasteiger partial charge on any atom is -0.467 e. The number of hydrogen-bond donors (Lipinski definition) is 1. The second kappa shape index (κ2) is 8.93. The average Bonchev–Trinajstić information content (AvgIpc) is 3.59. The van der Waals surface area contributed by atoms with E-state index in [1.165, 1.54) is 10.6 Å². The summed E-state index contributed by atoms with van der Waals surface area (Å²) in [5.41, 5.74) is 5.72. The molecule has 0 saturated carbocycles. The van der Waals surface area contributed by atoms with Crippen LogP contribution in [0.3, 0.4) is 0 Å². The lowest BCUT2D eigenvalue weighted by Crippen LogP contribution is -2.32. The van der Waals surface area contributed by atoms with Crippen molar-refractivity contribution in [3.63, 3.8) is 0 Å². The third-order valence-electron chi connectivity index (χ3n) is 5.93. The predicted molar refractivity (Wildman–Crippen MR) is 128 cm³/mol. The zero-order valence-electron chi connectivity index (χ0n) is 19.3. The maximum Gasteiger partial charge on any atom is 0.262 e. The van der Waals surface area contributed by atoms with Crippen molar-refractivity contribution in [1.82, 2.24) is 25.2 Å². The number of amides is 1. The van der Waals surface area contributed by atoms with Gasteiger partial charge in [-0.05, 0) is 66.6 Å². The number of rotatable bonds is 6. The third kappa shape index (κ3) is 4.19. The van der Waals surface area contributed by atoms with E-state index in [-0.39, 0.29) is 18.5 Å². The van der Waals surface area contributed by atoms with Gasteiger partial charge in [-0.2, -0.15) is 9.78 Å². The van der Waals surface area contributed by atoms with Crippen molar-refractivity contribution < 1.29 is 9.21 Å².